The zero-order chi connectivity index (χ0) is 13.3. The normalized spacial score (nSPS) is 11.0. The summed E-state index contributed by atoms with van der Waals surface area (Å²) >= 11 is 0. The van der Waals surface area contributed by atoms with E-state index >= 15 is 0 Å². The molecule has 2 rings (SSSR count). The van der Waals surface area contributed by atoms with Gasteiger partial charge in [-0.05, 0) is 29.5 Å². The van der Waals surface area contributed by atoms with Crippen LogP contribution in [0.3, 0.4) is 0 Å². The quantitative estimate of drug-likeness (QED) is 0.529. The monoisotopic (exact) mass is 251 g/mol. The zero-order valence-electron chi connectivity index (χ0n) is 11.5. The highest BCUT2D eigenvalue weighted by Gasteiger charge is 1.95. The van der Waals surface area contributed by atoms with E-state index in [1.54, 1.807) is 0 Å². The van der Waals surface area contributed by atoms with Crippen molar-refractivity contribution < 1.29 is 0 Å². The summed E-state index contributed by atoms with van der Waals surface area (Å²) in [5.74, 6) is 0. The maximum Gasteiger partial charge on any atom is 0.0389 e. The van der Waals surface area contributed by atoms with Crippen LogP contribution in [0.2, 0.25) is 0 Å². The molecule has 0 aliphatic carbocycles. The first-order valence-corrected chi connectivity index (χ1v) is 7.01. The first-order valence-electron chi connectivity index (χ1n) is 7.01. The molecule has 0 N–H and O–H groups in total. The maximum absolute atomic E-state index is 4.42. The Morgan fingerprint density at radius 3 is 2.26 bits per heavy atom. The topological polar surface area (TPSA) is 12.4 Å². The molecule has 0 aliphatic heterocycles. The lowest BCUT2D eigenvalue weighted by Gasteiger charge is -2.02. The van der Waals surface area contributed by atoms with Crippen LogP contribution >= 0.6 is 0 Å². The average molecular weight is 251 g/mol. The predicted octanol–water partition coefficient (Wildman–Crippen LogP) is 4.50. The van der Waals surface area contributed by atoms with E-state index in [0.717, 1.165) is 13.0 Å². The fourth-order valence-electron chi connectivity index (χ4n) is 1.97. The molecular weight excluding hydrogens is 230 g/mol. The van der Waals surface area contributed by atoms with Crippen LogP contribution in [0.15, 0.2) is 59.6 Å². The van der Waals surface area contributed by atoms with E-state index in [2.05, 4.69) is 66.5 Å². The lowest BCUT2D eigenvalue weighted by molar-refractivity contribution is 0.810. The fraction of sp³-hybridized carbons (Fsp3) is 0.278. The summed E-state index contributed by atoms with van der Waals surface area (Å²) < 4.78 is 0. The van der Waals surface area contributed by atoms with Crippen LogP contribution in [0.4, 0.5) is 0 Å². The van der Waals surface area contributed by atoms with Gasteiger partial charge in [0.25, 0.3) is 0 Å². The molecule has 0 unspecified atom stereocenters. The minimum atomic E-state index is 0.933. The lowest BCUT2D eigenvalue weighted by atomic mass is 10.0. The van der Waals surface area contributed by atoms with Crippen LogP contribution in [-0.4, -0.2) is 12.8 Å². The first kappa shape index (κ1) is 13.5. The van der Waals surface area contributed by atoms with Gasteiger partial charge in [-0.2, -0.15) is 0 Å². The molecule has 0 aromatic heterocycles. The van der Waals surface area contributed by atoms with Crippen LogP contribution in [0.25, 0.3) is 0 Å². The predicted molar refractivity (Wildman–Crippen MR) is 83.1 cm³/mol. The Bertz CT molecular complexity index is 497. The van der Waals surface area contributed by atoms with Gasteiger partial charge in [-0.1, -0.05) is 67.9 Å². The van der Waals surface area contributed by atoms with Crippen molar-refractivity contribution in [3.8, 4) is 0 Å². The standard InChI is InChI=1S/C18H21N/c1-2-3-13-19-15-18-11-9-17(10-12-18)14-16-7-5-4-6-8-16/h4-12,15H,2-3,13-14H2,1H3/b19-15+. The van der Waals surface area contributed by atoms with Gasteiger partial charge in [0.15, 0.2) is 0 Å². The van der Waals surface area contributed by atoms with Gasteiger partial charge in [0.05, 0.1) is 0 Å². The third kappa shape index (κ3) is 4.70. The van der Waals surface area contributed by atoms with Crippen molar-refractivity contribution in [3.05, 3.63) is 71.3 Å². The smallest absolute Gasteiger partial charge is 0.0389 e. The summed E-state index contributed by atoms with van der Waals surface area (Å²) in [6.45, 7) is 3.12. The van der Waals surface area contributed by atoms with E-state index in [0.29, 0.717) is 0 Å². The molecular formula is C18H21N. The van der Waals surface area contributed by atoms with Crippen molar-refractivity contribution in [1.82, 2.24) is 0 Å². The molecule has 0 amide bonds. The second-order valence-corrected chi connectivity index (χ2v) is 4.79. The maximum atomic E-state index is 4.42. The molecule has 0 heterocycles. The molecule has 0 saturated heterocycles. The van der Waals surface area contributed by atoms with Crippen molar-refractivity contribution in [2.45, 2.75) is 26.2 Å². The molecule has 1 nitrogen and oxygen atoms in total. The summed E-state index contributed by atoms with van der Waals surface area (Å²) in [6.07, 6.45) is 5.34. The molecule has 2 aromatic carbocycles. The van der Waals surface area contributed by atoms with Gasteiger partial charge < -0.3 is 0 Å². The summed E-state index contributed by atoms with van der Waals surface area (Å²) in [6, 6.07) is 19.2. The number of hydrogen-bond donors (Lipinski definition) is 0. The molecule has 2 aromatic rings. The Balaban J connectivity index is 1.93. The molecule has 0 saturated carbocycles. The van der Waals surface area contributed by atoms with E-state index in [-0.39, 0.29) is 0 Å². The highest BCUT2D eigenvalue weighted by Crippen LogP contribution is 2.10. The minimum Gasteiger partial charge on any atom is -0.293 e. The number of hydrogen-bond acceptors (Lipinski definition) is 1. The Kier molecular flexibility index (Phi) is 5.36. The lowest BCUT2D eigenvalue weighted by Crippen LogP contribution is -1.89. The van der Waals surface area contributed by atoms with E-state index in [1.165, 1.54) is 29.5 Å². The van der Waals surface area contributed by atoms with Gasteiger partial charge >= 0.3 is 0 Å². The number of benzene rings is 2. The van der Waals surface area contributed by atoms with E-state index in [1.807, 2.05) is 6.21 Å². The van der Waals surface area contributed by atoms with Gasteiger partial charge in [0.1, 0.15) is 0 Å². The summed E-state index contributed by atoms with van der Waals surface area (Å²) in [7, 11) is 0. The molecule has 0 bridgehead atoms. The van der Waals surface area contributed by atoms with Crippen LogP contribution in [0, 0.1) is 0 Å². The van der Waals surface area contributed by atoms with Gasteiger partial charge in [0.2, 0.25) is 0 Å². The molecule has 0 atom stereocenters. The summed E-state index contributed by atoms with van der Waals surface area (Å²) in [5, 5.41) is 0. The van der Waals surface area contributed by atoms with Crippen molar-refractivity contribution in [2.24, 2.45) is 4.99 Å². The molecule has 1 heteroatoms. The fourth-order valence-corrected chi connectivity index (χ4v) is 1.97. The van der Waals surface area contributed by atoms with Crippen LogP contribution in [-0.2, 0) is 6.42 Å². The van der Waals surface area contributed by atoms with Gasteiger partial charge in [-0.3, -0.25) is 4.99 Å². The van der Waals surface area contributed by atoms with E-state index in [4.69, 9.17) is 0 Å². The SMILES string of the molecule is CCCC/N=C/c1ccc(Cc2ccccc2)cc1. The molecule has 0 spiro atoms. The van der Waals surface area contributed by atoms with Crippen molar-refractivity contribution in [3.63, 3.8) is 0 Å². The number of unbranched alkanes of at least 4 members (excludes halogenated alkanes) is 1. The van der Waals surface area contributed by atoms with Crippen LogP contribution < -0.4 is 0 Å². The Labute approximate surface area is 116 Å². The average Bonchev–Trinajstić information content (AvgIpc) is 2.46. The molecule has 0 fully saturated rings. The largest absolute Gasteiger partial charge is 0.293 e. The van der Waals surface area contributed by atoms with Crippen molar-refractivity contribution >= 4 is 6.21 Å². The van der Waals surface area contributed by atoms with Gasteiger partial charge in [0, 0.05) is 12.8 Å². The van der Waals surface area contributed by atoms with Gasteiger partial charge in [-0.15, -0.1) is 0 Å². The number of nitrogens with zero attached hydrogens (tertiary/aromatic N) is 1. The van der Waals surface area contributed by atoms with Crippen molar-refractivity contribution in [1.29, 1.82) is 0 Å². The second kappa shape index (κ2) is 7.52. The van der Waals surface area contributed by atoms with E-state index in [9.17, 15) is 0 Å². The third-order valence-corrected chi connectivity index (χ3v) is 3.11. The van der Waals surface area contributed by atoms with Crippen LogP contribution in [0.5, 0.6) is 0 Å². The number of aliphatic imine (C=N–C) groups is 1. The van der Waals surface area contributed by atoms with Crippen molar-refractivity contribution in [2.75, 3.05) is 6.54 Å². The highest BCUT2D eigenvalue weighted by atomic mass is 14.7. The number of rotatable bonds is 6. The van der Waals surface area contributed by atoms with Gasteiger partial charge in [-0.25, -0.2) is 0 Å². The molecule has 0 radical (unpaired) electrons. The Hall–Kier alpha value is -1.89. The Morgan fingerprint density at radius 1 is 0.895 bits per heavy atom. The van der Waals surface area contributed by atoms with Crippen LogP contribution in [0.1, 0.15) is 36.5 Å². The summed E-state index contributed by atoms with van der Waals surface area (Å²) in [4.78, 5) is 4.42. The molecule has 98 valence electrons. The van der Waals surface area contributed by atoms with E-state index < -0.39 is 0 Å². The molecule has 0 aliphatic rings. The summed E-state index contributed by atoms with van der Waals surface area (Å²) in [5.41, 5.74) is 3.89. The third-order valence-electron chi connectivity index (χ3n) is 3.11. The first-order chi connectivity index (χ1) is 9.38. The highest BCUT2D eigenvalue weighted by molar-refractivity contribution is 5.79. The Morgan fingerprint density at radius 2 is 1.58 bits per heavy atom. The second-order valence-electron chi connectivity index (χ2n) is 4.79. The minimum absolute atomic E-state index is 0.933. The molecule has 19 heavy (non-hydrogen) atoms. The zero-order valence-corrected chi connectivity index (χ0v) is 11.5.